The Labute approximate surface area is 323 Å². The summed E-state index contributed by atoms with van der Waals surface area (Å²) in [6.45, 7) is 4.68. The van der Waals surface area contributed by atoms with Crippen LogP contribution in [0.3, 0.4) is 0 Å². The highest BCUT2D eigenvalue weighted by Gasteiger charge is 2.38. The summed E-state index contributed by atoms with van der Waals surface area (Å²) in [6.07, 6.45) is -8.80. The fourth-order valence-corrected chi connectivity index (χ4v) is 8.24. The molecule has 0 radical (unpaired) electrons. The Kier molecular flexibility index (Phi) is 8.46. The van der Waals surface area contributed by atoms with E-state index in [1.807, 2.05) is 72.8 Å². The minimum absolute atomic E-state index is 0.0721. The predicted octanol–water partition coefficient (Wildman–Crippen LogP) is 15.2. The second-order valence-corrected chi connectivity index (χ2v) is 13.9. The second-order valence-electron chi connectivity index (χ2n) is 13.9. The maximum Gasteiger partial charge on any atom is 0.417 e. The molecule has 278 valence electrons. The van der Waals surface area contributed by atoms with Crippen molar-refractivity contribution in [2.24, 2.45) is 4.99 Å². The molecular weight excluding hydrogens is 731 g/mol. The lowest BCUT2D eigenvalue weighted by atomic mass is 9.83. The van der Waals surface area contributed by atoms with Crippen molar-refractivity contribution in [3.63, 3.8) is 0 Å². The molecule has 57 heavy (non-hydrogen) atoms. The zero-order valence-corrected chi connectivity index (χ0v) is 30.3. The number of aliphatic imine (C=N–C) groups is 1. The number of allylic oxidation sites excluding steroid dienone is 2. The normalized spacial score (nSPS) is 12.6. The van der Waals surface area contributed by atoms with Crippen molar-refractivity contribution in [2.45, 2.75) is 19.3 Å². The first kappa shape index (κ1) is 35.9. The van der Waals surface area contributed by atoms with E-state index in [2.05, 4.69) is 65.2 Å². The van der Waals surface area contributed by atoms with Crippen LogP contribution in [-0.4, -0.2) is 17.9 Å². The number of rotatable bonds is 5. The first-order valence-corrected chi connectivity index (χ1v) is 18.2. The van der Waals surface area contributed by atoms with Crippen LogP contribution in [0.4, 0.5) is 32.0 Å². The Hall–Kier alpha value is -6.80. The van der Waals surface area contributed by atoms with Gasteiger partial charge in [0.25, 0.3) is 0 Å². The highest BCUT2D eigenvalue weighted by atomic mass is 19.4. The number of nitrogens with zero attached hydrogens (tertiary/aromatic N) is 2. The van der Waals surface area contributed by atoms with Crippen molar-refractivity contribution in [3.8, 4) is 33.5 Å². The van der Waals surface area contributed by atoms with E-state index in [1.165, 1.54) is 6.92 Å². The van der Waals surface area contributed by atoms with Crippen LogP contribution in [0, 0.1) is 0 Å². The lowest BCUT2D eigenvalue weighted by molar-refractivity contribution is -0.136. The summed E-state index contributed by atoms with van der Waals surface area (Å²) >= 11 is 0. The van der Waals surface area contributed by atoms with E-state index >= 15 is 0 Å². The number of halogens is 6. The molecule has 0 aliphatic heterocycles. The van der Waals surface area contributed by atoms with Gasteiger partial charge in [0.15, 0.2) is 0 Å². The molecule has 0 amide bonds. The second kappa shape index (κ2) is 13.4. The van der Waals surface area contributed by atoms with Crippen molar-refractivity contribution < 1.29 is 26.3 Å². The number of fused-ring (bicyclic) bond motifs is 5. The fourth-order valence-electron chi connectivity index (χ4n) is 8.24. The van der Waals surface area contributed by atoms with Crippen LogP contribution < -0.4 is 0 Å². The SMILES string of the molecule is C=Nc1c(/C(=C\C)C(F)(F)F)ccc2c(C(F)(F)F)cc(-c3ccc4c(-c5cccc6ccccc56)c5ccccc5c(-c5ccc6ccccc6c5)c4c3)nc12. The summed E-state index contributed by atoms with van der Waals surface area (Å²) in [5, 5.41) is 7.37. The largest absolute Gasteiger partial charge is 0.417 e. The first-order valence-electron chi connectivity index (χ1n) is 18.2. The Balaban J connectivity index is 1.41. The molecule has 0 spiro atoms. The monoisotopic (exact) mass is 760 g/mol. The van der Waals surface area contributed by atoms with Crippen molar-refractivity contribution in [1.82, 2.24) is 4.98 Å². The van der Waals surface area contributed by atoms with E-state index in [-0.39, 0.29) is 22.3 Å². The number of hydrogen-bond donors (Lipinski definition) is 0. The molecule has 2 nitrogen and oxygen atoms in total. The third-order valence-electron chi connectivity index (χ3n) is 10.7. The molecule has 8 heteroatoms. The standard InChI is InChI=1S/C49H30F6N2/c1-3-41(48(50,51)52)38-23-24-39-42(49(53,54)55)27-43(57-47(39)46(38)56-2)31-21-22-37-40(26-31)44(32-20-19-28-11-4-5-13-30(28)25-32)35-16-8-9-17-36(35)45(37)34-18-10-14-29-12-6-7-15-33(29)34/h3-27H,2H2,1H3/b41-3+. The minimum atomic E-state index is -4.87. The van der Waals surface area contributed by atoms with Gasteiger partial charge in [0, 0.05) is 16.5 Å². The van der Waals surface area contributed by atoms with Gasteiger partial charge in [-0.3, -0.25) is 4.99 Å². The van der Waals surface area contributed by atoms with Gasteiger partial charge in [-0.05, 0) is 97.2 Å². The van der Waals surface area contributed by atoms with Gasteiger partial charge in [-0.1, -0.05) is 133 Å². The minimum Gasteiger partial charge on any atom is -0.262 e. The lowest BCUT2D eigenvalue weighted by Gasteiger charge is -2.20. The van der Waals surface area contributed by atoms with Gasteiger partial charge in [0.2, 0.25) is 0 Å². The van der Waals surface area contributed by atoms with Crippen molar-refractivity contribution >= 4 is 72.0 Å². The summed E-state index contributed by atoms with van der Waals surface area (Å²) in [7, 11) is 0. The molecule has 9 aromatic rings. The maximum absolute atomic E-state index is 14.9. The summed E-state index contributed by atoms with van der Waals surface area (Å²) < 4.78 is 87.2. The maximum atomic E-state index is 14.9. The van der Waals surface area contributed by atoms with Crippen LogP contribution in [0.25, 0.3) is 93.1 Å². The van der Waals surface area contributed by atoms with E-state index in [9.17, 15) is 26.3 Å². The van der Waals surface area contributed by atoms with E-state index in [4.69, 9.17) is 0 Å². The van der Waals surface area contributed by atoms with E-state index in [0.29, 0.717) is 5.56 Å². The molecule has 0 atom stereocenters. The third-order valence-corrected chi connectivity index (χ3v) is 10.7. The molecule has 0 saturated heterocycles. The lowest BCUT2D eigenvalue weighted by Crippen LogP contribution is -2.12. The Morgan fingerprint density at radius 1 is 0.561 bits per heavy atom. The van der Waals surface area contributed by atoms with Crippen molar-refractivity contribution in [2.75, 3.05) is 0 Å². The summed E-state index contributed by atoms with van der Waals surface area (Å²) in [5.74, 6) is 0. The van der Waals surface area contributed by atoms with E-state index in [0.717, 1.165) is 89.6 Å². The highest BCUT2D eigenvalue weighted by Crippen LogP contribution is 2.48. The van der Waals surface area contributed by atoms with Gasteiger partial charge in [-0.2, -0.15) is 26.3 Å². The number of benzene rings is 8. The molecule has 1 heterocycles. The number of aromatic nitrogens is 1. The molecule has 0 fully saturated rings. The fraction of sp³-hybridized carbons (Fsp3) is 0.0612. The molecular formula is C49H30F6N2. The molecule has 0 bridgehead atoms. The quantitative estimate of drug-likeness (QED) is 0.0974. The average Bonchev–Trinajstić information content (AvgIpc) is 3.21. The van der Waals surface area contributed by atoms with Crippen LogP contribution in [0.15, 0.2) is 157 Å². The Bertz CT molecular complexity index is 3130. The van der Waals surface area contributed by atoms with E-state index < -0.39 is 29.1 Å². The Morgan fingerprint density at radius 2 is 1.18 bits per heavy atom. The molecule has 0 aliphatic carbocycles. The van der Waals surface area contributed by atoms with Gasteiger partial charge in [-0.25, -0.2) is 4.98 Å². The number of alkyl halides is 6. The van der Waals surface area contributed by atoms with Crippen molar-refractivity contribution in [3.05, 3.63) is 163 Å². The molecule has 1 aromatic heterocycles. The summed E-state index contributed by atoms with van der Waals surface area (Å²) in [5.41, 5.74) is 0.806. The van der Waals surface area contributed by atoms with Gasteiger partial charge in [-0.15, -0.1) is 0 Å². The van der Waals surface area contributed by atoms with Gasteiger partial charge in [0.1, 0.15) is 0 Å². The highest BCUT2D eigenvalue weighted by molar-refractivity contribution is 6.24. The predicted molar refractivity (Wildman–Crippen MR) is 222 cm³/mol. The zero-order valence-electron chi connectivity index (χ0n) is 30.3. The third kappa shape index (κ3) is 6.00. The average molecular weight is 761 g/mol. The van der Waals surface area contributed by atoms with E-state index in [1.54, 1.807) is 6.07 Å². The molecule has 8 aromatic carbocycles. The Morgan fingerprint density at radius 3 is 1.88 bits per heavy atom. The molecule has 0 aliphatic rings. The zero-order chi connectivity index (χ0) is 39.6. The van der Waals surface area contributed by atoms with Crippen LogP contribution in [-0.2, 0) is 6.18 Å². The summed E-state index contributed by atoms with van der Waals surface area (Å²) in [4.78, 5) is 8.51. The molecule has 0 unspecified atom stereocenters. The van der Waals surface area contributed by atoms with Crippen LogP contribution in [0.5, 0.6) is 0 Å². The van der Waals surface area contributed by atoms with Crippen LogP contribution >= 0.6 is 0 Å². The van der Waals surface area contributed by atoms with Crippen LogP contribution in [0.2, 0.25) is 0 Å². The first-order chi connectivity index (χ1) is 27.5. The molecule has 9 rings (SSSR count). The molecule has 0 N–H and O–H groups in total. The topological polar surface area (TPSA) is 25.2 Å². The van der Waals surface area contributed by atoms with Crippen molar-refractivity contribution in [1.29, 1.82) is 0 Å². The number of pyridine rings is 1. The summed E-state index contributed by atoms with van der Waals surface area (Å²) in [6, 6.07) is 45.0. The molecule has 0 saturated carbocycles. The van der Waals surface area contributed by atoms with Gasteiger partial charge in [0.05, 0.1) is 28.0 Å². The number of hydrogen-bond acceptors (Lipinski definition) is 2. The smallest absolute Gasteiger partial charge is 0.262 e. The van der Waals surface area contributed by atoms with Crippen LogP contribution in [0.1, 0.15) is 18.1 Å². The van der Waals surface area contributed by atoms with Gasteiger partial charge < -0.3 is 0 Å². The van der Waals surface area contributed by atoms with Gasteiger partial charge >= 0.3 is 12.4 Å².